The van der Waals surface area contributed by atoms with E-state index in [1.54, 1.807) is 13.0 Å². The lowest BCUT2D eigenvalue weighted by molar-refractivity contribution is 0.384. The largest absolute Gasteiger partial charge is 0.507 e. The normalized spacial score (nSPS) is 14.2. The SMILES string of the molecule is CCCCCC(C)(C)c1cc(C)cc(C(C)(CCCC)Pc2c(F)c(F)c(F)c(F)c2F)c1O. The second kappa shape index (κ2) is 11.4. The van der Waals surface area contributed by atoms with Crippen molar-refractivity contribution < 1.29 is 27.1 Å². The quantitative estimate of drug-likeness (QED) is 0.107. The molecule has 0 saturated heterocycles. The van der Waals surface area contributed by atoms with Gasteiger partial charge in [0.25, 0.3) is 0 Å². The first-order chi connectivity index (χ1) is 15.8. The zero-order valence-electron chi connectivity index (χ0n) is 20.9. The van der Waals surface area contributed by atoms with Gasteiger partial charge in [0, 0.05) is 16.3 Å². The minimum atomic E-state index is -2.16. The van der Waals surface area contributed by atoms with Gasteiger partial charge >= 0.3 is 0 Å². The lowest BCUT2D eigenvalue weighted by Gasteiger charge is -2.35. The van der Waals surface area contributed by atoms with E-state index in [4.69, 9.17) is 0 Å². The molecule has 0 aliphatic heterocycles. The second-order valence-electron chi connectivity index (χ2n) is 10.1. The highest BCUT2D eigenvalue weighted by Crippen LogP contribution is 2.51. The van der Waals surface area contributed by atoms with Crippen molar-refractivity contribution >= 4 is 13.9 Å². The van der Waals surface area contributed by atoms with Gasteiger partial charge in [0.15, 0.2) is 23.3 Å². The molecule has 0 saturated carbocycles. The lowest BCUT2D eigenvalue weighted by atomic mass is 9.77. The molecule has 0 spiro atoms. The Morgan fingerprint density at radius 3 is 1.76 bits per heavy atom. The Hall–Kier alpha value is -1.68. The van der Waals surface area contributed by atoms with Crippen LogP contribution in [0.25, 0.3) is 0 Å². The van der Waals surface area contributed by atoms with Gasteiger partial charge in [-0.15, -0.1) is 0 Å². The predicted octanol–water partition coefficient (Wildman–Crippen LogP) is 8.66. The average Bonchev–Trinajstić information content (AvgIpc) is 2.79. The second-order valence-corrected chi connectivity index (χ2v) is 11.9. The summed E-state index contributed by atoms with van der Waals surface area (Å²) in [4.78, 5) is 0. The number of halogens is 5. The van der Waals surface area contributed by atoms with Crippen molar-refractivity contribution in [2.75, 3.05) is 0 Å². The van der Waals surface area contributed by atoms with E-state index in [9.17, 15) is 27.1 Å². The minimum Gasteiger partial charge on any atom is -0.507 e. The number of hydrogen-bond acceptors (Lipinski definition) is 1. The third-order valence-corrected chi connectivity index (χ3v) is 8.38. The highest BCUT2D eigenvalue weighted by atomic mass is 31.1. The Bertz CT molecular complexity index is 992. The van der Waals surface area contributed by atoms with Crippen molar-refractivity contribution in [2.24, 2.45) is 0 Å². The van der Waals surface area contributed by atoms with Crippen LogP contribution in [0, 0.1) is 36.0 Å². The molecule has 1 nitrogen and oxygen atoms in total. The molecule has 0 aromatic heterocycles. The summed E-state index contributed by atoms with van der Waals surface area (Å²) in [5.41, 5.74) is 1.75. The predicted molar refractivity (Wildman–Crippen MR) is 131 cm³/mol. The van der Waals surface area contributed by atoms with Gasteiger partial charge in [0.05, 0.1) is 5.30 Å². The number of phenolic OH excluding ortho intramolecular Hbond substituents is 1. The summed E-state index contributed by atoms with van der Waals surface area (Å²) in [6.07, 6.45) is 5.85. The molecule has 0 aliphatic rings. The van der Waals surface area contributed by atoms with Crippen molar-refractivity contribution in [1.29, 1.82) is 0 Å². The van der Waals surface area contributed by atoms with Gasteiger partial charge in [-0.1, -0.05) is 93.0 Å². The van der Waals surface area contributed by atoms with Crippen molar-refractivity contribution in [1.82, 2.24) is 0 Å². The van der Waals surface area contributed by atoms with Crippen molar-refractivity contribution in [3.8, 4) is 5.75 Å². The number of aryl methyl sites for hydroxylation is 1. The Balaban J connectivity index is 2.67. The smallest absolute Gasteiger partial charge is 0.200 e. The van der Waals surface area contributed by atoms with E-state index in [0.29, 0.717) is 18.4 Å². The first-order valence-electron chi connectivity index (χ1n) is 11.9. The summed E-state index contributed by atoms with van der Waals surface area (Å²) in [7, 11) is -0.761. The van der Waals surface area contributed by atoms with Crippen LogP contribution in [0.5, 0.6) is 5.75 Å². The molecule has 0 radical (unpaired) electrons. The fourth-order valence-electron chi connectivity index (χ4n) is 4.45. The number of aromatic hydroxyl groups is 1. The van der Waals surface area contributed by atoms with Gasteiger partial charge in [0.1, 0.15) is 5.75 Å². The molecule has 2 rings (SSSR count). The molecule has 0 bridgehead atoms. The van der Waals surface area contributed by atoms with Crippen LogP contribution in [0.3, 0.4) is 0 Å². The van der Waals surface area contributed by atoms with Gasteiger partial charge in [-0.2, -0.15) is 0 Å². The minimum absolute atomic E-state index is 0.0436. The maximum atomic E-state index is 14.6. The van der Waals surface area contributed by atoms with Crippen LogP contribution in [-0.4, -0.2) is 5.11 Å². The van der Waals surface area contributed by atoms with E-state index in [-0.39, 0.29) is 11.2 Å². The fourth-order valence-corrected chi connectivity index (χ4v) is 6.07. The van der Waals surface area contributed by atoms with Crippen LogP contribution in [0.4, 0.5) is 22.0 Å². The molecule has 0 heterocycles. The van der Waals surface area contributed by atoms with Crippen LogP contribution < -0.4 is 5.30 Å². The van der Waals surface area contributed by atoms with E-state index < -0.39 is 48.1 Å². The highest BCUT2D eigenvalue weighted by molar-refractivity contribution is 7.48. The Morgan fingerprint density at radius 2 is 1.24 bits per heavy atom. The number of phenols is 1. The van der Waals surface area contributed by atoms with Crippen molar-refractivity contribution in [3.63, 3.8) is 0 Å². The van der Waals surface area contributed by atoms with Crippen LogP contribution in [-0.2, 0) is 10.6 Å². The van der Waals surface area contributed by atoms with Crippen LogP contribution >= 0.6 is 8.58 Å². The summed E-state index contributed by atoms with van der Waals surface area (Å²) >= 11 is 0. The summed E-state index contributed by atoms with van der Waals surface area (Å²) in [5, 5.41) is 9.58. The third kappa shape index (κ3) is 5.93. The third-order valence-electron chi connectivity index (χ3n) is 6.62. The van der Waals surface area contributed by atoms with Gasteiger partial charge in [-0.25, -0.2) is 22.0 Å². The van der Waals surface area contributed by atoms with Gasteiger partial charge < -0.3 is 5.11 Å². The Morgan fingerprint density at radius 1 is 0.735 bits per heavy atom. The molecule has 2 aromatic carbocycles. The fraction of sp³-hybridized carbons (Fsp3) is 0.556. The molecule has 1 N–H and O–H groups in total. The molecule has 7 heteroatoms. The first-order valence-corrected chi connectivity index (χ1v) is 12.9. The van der Waals surface area contributed by atoms with Crippen LogP contribution in [0.1, 0.15) is 96.3 Å². The summed E-state index contributed by atoms with van der Waals surface area (Å²) < 4.78 is 70.7. The van der Waals surface area contributed by atoms with E-state index in [2.05, 4.69) is 20.8 Å². The zero-order valence-corrected chi connectivity index (χ0v) is 21.9. The van der Waals surface area contributed by atoms with Crippen molar-refractivity contribution in [2.45, 2.75) is 97.1 Å². The number of unbranched alkanes of at least 4 members (excludes halogenated alkanes) is 3. The number of rotatable bonds is 11. The molecule has 34 heavy (non-hydrogen) atoms. The maximum absolute atomic E-state index is 14.6. The maximum Gasteiger partial charge on any atom is 0.200 e. The average molecular weight is 503 g/mol. The van der Waals surface area contributed by atoms with Gasteiger partial charge in [-0.05, 0) is 25.2 Å². The summed E-state index contributed by atoms with van der Waals surface area (Å²) in [6, 6.07) is 3.70. The molecule has 190 valence electrons. The standard InChI is InChI=1S/C27H36F5OP/c1-7-9-11-12-26(4,5)17-14-16(3)15-18(24(17)33)27(6,13-10-8-2)34-25-22(31)20(29)19(28)21(30)23(25)32/h14-15,33-34H,7-13H2,1-6H3. The van der Waals surface area contributed by atoms with E-state index in [0.717, 1.165) is 43.2 Å². The molecular weight excluding hydrogens is 466 g/mol. The highest BCUT2D eigenvalue weighted by Gasteiger charge is 2.37. The molecule has 2 atom stereocenters. The van der Waals surface area contributed by atoms with E-state index >= 15 is 0 Å². The topological polar surface area (TPSA) is 20.2 Å². The molecule has 2 aromatic rings. The van der Waals surface area contributed by atoms with E-state index in [1.165, 1.54) is 0 Å². The van der Waals surface area contributed by atoms with Crippen LogP contribution in [0.2, 0.25) is 0 Å². The number of hydrogen-bond donors (Lipinski definition) is 1. The summed E-state index contributed by atoms with van der Waals surface area (Å²) in [5.74, 6) is -9.60. The van der Waals surface area contributed by atoms with Gasteiger partial charge in [-0.3, -0.25) is 0 Å². The van der Waals surface area contributed by atoms with Crippen molar-refractivity contribution in [3.05, 3.63) is 57.9 Å². The monoisotopic (exact) mass is 502 g/mol. The molecule has 0 amide bonds. The molecular formula is C27H36F5OP. The first kappa shape index (κ1) is 28.6. The zero-order chi connectivity index (χ0) is 25.8. The molecule has 0 aliphatic carbocycles. The summed E-state index contributed by atoms with van der Waals surface area (Å²) in [6.45, 7) is 11.8. The number of benzene rings is 2. The lowest BCUT2D eigenvalue weighted by Crippen LogP contribution is -2.26. The van der Waals surface area contributed by atoms with Gasteiger partial charge in [0.2, 0.25) is 5.82 Å². The Labute approximate surface area is 201 Å². The molecule has 2 unspecified atom stereocenters. The Kier molecular flexibility index (Phi) is 9.55. The van der Waals surface area contributed by atoms with Crippen LogP contribution in [0.15, 0.2) is 12.1 Å². The molecule has 0 fully saturated rings. The van der Waals surface area contributed by atoms with E-state index in [1.807, 2.05) is 19.9 Å².